The smallest absolute Gasteiger partial charge is 0.475 e. The molecule has 0 spiro atoms. The number of hydrogen-bond acceptors (Lipinski definition) is 8. The van der Waals surface area contributed by atoms with Gasteiger partial charge in [-0.2, -0.15) is 18.4 Å². The van der Waals surface area contributed by atoms with Crippen molar-refractivity contribution in [2.45, 2.75) is 50.9 Å². The fourth-order valence-electron chi connectivity index (χ4n) is 4.96. The average Bonchev–Trinajstić information content (AvgIpc) is 3.69. The lowest BCUT2D eigenvalue weighted by atomic mass is 10.0. The van der Waals surface area contributed by atoms with Crippen LogP contribution >= 0.6 is 0 Å². The van der Waals surface area contributed by atoms with Gasteiger partial charge >= 0.3 is 12.1 Å². The van der Waals surface area contributed by atoms with Crippen LogP contribution in [-0.4, -0.2) is 67.7 Å². The normalized spacial score (nSPS) is 15.6. The number of carboxylic acid groups (broad SMARTS) is 1. The number of anilines is 2. The highest BCUT2D eigenvalue weighted by Gasteiger charge is 2.38. The number of alkyl halides is 3. The molecule has 3 N–H and O–H groups in total. The third-order valence-electron chi connectivity index (χ3n) is 7.07. The second-order valence-corrected chi connectivity index (χ2v) is 10.2. The van der Waals surface area contributed by atoms with Gasteiger partial charge in [-0.1, -0.05) is 0 Å². The monoisotopic (exact) mass is 580 g/mol. The van der Waals surface area contributed by atoms with Gasteiger partial charge in [0, 0.05) is 54.8 Å². The summed E-state index contributed by atoms with van der Waals surface area (Å²) in [4.78, 5) is 37.7. The van der Waals surface area contributed by atoms with Crippen LogP contribution in [0.15, 0.2) is 43.1 Å². The molecule has 3 aromatic heterocycles. The average molecular weight is 581 g/mol. The minimum absolute atomic E-state index is 0.285. The third-order valence-corrected chi connectivity index (χ3v) is 7.07. The number of nitriles is 1. The van der Waals surface area contributed by atoms with E-state index in [9.17, 15) is 23.2 Å². The van der Waals surface area contributed by atoms with Gasteiger partial charge in [-0.25, -0.2) is 19.7 Å². The molecule has 11 nitrogen and oxygen atoms in total. The summed E-state index contributed by atoms with van der Waals surface area (Å²) in [6.45, 7) is 3.79. The summed E-state index contributed by atoms with van der Waals surface area (Å²) >= 11 is 0. The Morgan fingerprint density at radius 1 is 1.12 bits per heavy atom. The lowest BCUT2D eigenvalue weighted by Crippen LogP contribution is -2.43. The Balaban J connectivity index is 0.000000451. The topological polar surface area (TPSA) is 149 Å². The Labute approximate surface area is 238 Å². The van der Waals surface area contributed by atoms with Crippen molar-refractivity contribution in [2.24, 2.45) is 0 Å². The maximum atomic E-state index is 13.3. The summed E-state index contributed by atoms with van der Waals surface area (Å²) < 4.78 is 33.5. The number of fused-ring (bicyclic) bond motifs is 2. The van der Waals surface area contributed by atoms with Gasteiger partial charge in [0.2, 0.25) is 0 Å². The van der Waals surface area contributed by atoms with Crippen LogP contribution in [0.4, 0.5) is 24.5 Å². The van der Waals surface area contributed by atoms with E-state index in [1.54, 1.807) is 22.9 Å². The van der Waals surface area contributed by atoms with Crippen LogP contribution in [0.5, 0.6) is 0 Å². The molecule has 0 radical (unpaired) electrons. The predicted molar refractivity (Wildman–Crippen MR) is 147 cm³/mol. The molecule has 2 aliphatic rings. The molecule has 14 heteroatoms. The number of amides is 1. The molecule has 1 aliphatic carbocycles. The number of halogens is 3. The molecule has 2 fully saturated rings. The number of imidazole rings is 1. The van der Waals surface area contributed by atoms with Crippen molar-refractivity contribution >= 4 is 39.8 Å². The second-order valence-electron chi connectivity index (χ2n) is 10.2. The summed E-state index contributed by atoms with van der Waals surface area (Å²) in [7, 11) is 0. The quantitative estimate of drug-likeness (QED) is 0.318. The summed E-state index contributed by atoms with van der Waals surface area (Å²) in [5.74, 6) is -3.04. The van der Waals surface area contributed by atoms with Crippen molar-refractivity contribution in [2.75, 3.05) is 23.3 Å². The lowest BCUT2D eigenvalue weighted by molar-refractivity contribution is -0.192. The summed E-state index contributed by atoms with van der Waals surface area (Å²) in [6, 6.07) is 8.94. The number of nitrogens with one attached hydrogen (secondary N) is 2. The molecule has 1 amide bonds. The molecule has 4 heterocycles. The number of hydrogen-bond donors (Lipinski definition) is 3. The molecule has 1 aromatic carbocycles. The fourth-order valence-corrected chi connectivity index (χ4v) is 4.96. The molecule has 0 atom stereocenters. The van der Waals surface area contributed by atoms with Gasteiger partial charge < -0.3 is 25.0 Å². The van der Waals surface area contributed by atoms with Crippen LogP contribution in [0.3, 0.4) is 0 Å². The molecular weight excluding hydrogens is 553 g/mol. The van der Waals surface area contributed by atoms with Crippen LogP contribution < -0.4 is 15.5 Å². The molecule has 0 unspecified atom stereocenters. The van der Waals surface area contributed by atoms with Crippen molar-refractivity contribution in [3.63, 3.8) is 0 Å². The number of aromatic nitrogens is 4. The first-order chi connectivity index (χ1) is 20.0. The first-order valence-electron chi connectivity index (χ1n) is 13.3. The van der Waals surface area contributed by atoms with Gasteiger partial charge in [-0.3, -0.25) is 4.79 Å². The summed E-state index contributed by atoms with van der Waals surface area (Å²) in [5.41, 5.74) is 4.44. The van der Waals surface area contributed by atoms with Gasteiger partial charge in [0.25, 0.3) is 5.91 Å². The van der Waals surface area contributed by atoms with E-state index in [0.29, 0.717) is 34.0 Å². The fraction of sp³-hybridized carbons (Fsp3) is 0.357. The molecule has 1 saturated heterocycles. The lowest BCUT2D eigenvalue weighted by Gasteiger charge is -2.34. The molecule has 1 aliphatic heterocycles. The van der Waals surface area contributed by atoms with E-state index >= 15 is 0 Å². The Hall–Kier alpha value is -4.77. The highest BCUT2D eigenvalue weighted by atomic mass is 19.4. The van der Waals surface area contributed by atoms with E-state index in [1.165, 1.54) is 19.2 Å². The van der Waals surface area contributed by atoms with E-state index in [4.69, 9.17) is 9.90 Å². The van der Waals surface area contributed by atoms with Gasteiger partial charge in [0.05, 0.1) is 28.0 Å². The molecular formula is C28H27F3N8O3. The van der Waals surface area contributed by atoms with E-state index in [1.807, 2.05) is 25.3 Å². The molecule has 4 aromatic rings. The van der Waals surface area contributed by atoms with E-state index in [-0.39, 0.29) is 5.91 Å². The van der Waals surface area contributed by atoms with Gasteiger partial charge in [-0.15, -0.1) is 0 Å². The Morgan fingerprint density at radius 2 is 1.81 bits per heavy atom. The van der Waals surface area contributed by atoms with Crippen molar-refractivity contribution in [3.8, 4) is 6.07 Å². The van der Waals surface area contributed by atoms with Gasteiger partial charge in [-0.05, 0) is 50.8 Å². The van der Waals surface area contributed by atoms with Crippen LogP contribution in [0.25, 0.3) is 16.6 Å². The largest absolute Gasteiger partial charge is 0.490 e. The zero-order valence-electron chi connectivity index (χ0n) is 22.5. The zero-order valence-corrected chi connectivity index (χ0v) is 22.5. The number of rotatable bonds is 5. The molecule has 42 heavy (non-hydrogen) atoms. The Kier molecular flexibility index (Phi) is 7.95. The number of pyridine rings is 1. The first kappa shape index (κ1) is 28.7. The van der Waals surface area contributed by atoms with E-state index < -0.39 is 12.1 Å². The van der Waals surface area contributed by atoms with Crippen LogP contribution in [0.2, 0.25) is 0 Å². The summed E-state index contributed by atoms with van der Waals surface area (Å²) in [5, 5.41) is 24.2. The third kappa shape index (κ3) is 6.41. The Morgan fingerprint density at radius 3 is 2.45 bits per heavy atom. The minimum atomic E-state index is -5.08. The number of aryl methyl sites for hydroxylation is 1. The number of carbonyl (C=O) groups is 2. The van der Waals surface area contributed by atoms with Crippen molar-refractivity contribution in [3.05, 3.63) is 59.9 Å². The summed E-state index contributed by atoms with van der Waals surface area (Å²) in [6.07, 6.45) is 6.58. The molecule has 218 valence electrons. The predicted octanol–water partition coefficient (Wildman–Crippen LogP) is 4.06. The van der Waals surface area contributed by atoms with Crippen molar-refractivity contribution in [1.29, 1.82) is 5.26 Å². The standard InChI is InChI=1S/C26H26N8O.C2HF3O2/c1-16-13-34-14-20(10-17(11-27)25(34)30-16)32-26(35)21-4-5-23(22-12-28-15-29-24(21)22)33-8-6-19(7-9-33)31-18-2-3-18;3-2(4,5)1(6)7/h4-5,10,12-15,18-19,31H,2-3,6-9H2,1H3,(H,32,35);(H,6,7). The minimum Gasteiger partial charge on any atom is -0.475 e. The molecule has 6 rings (SSSR count). The maximum absolute atomic E-state index is 13.3. The number of nitrogens with zero attached hydrogens (tertiary/aromatic N) is 6. The SMILES string of the molecule is Cc1cn2cc(NC(=O)c3ccc(N4CCC(NC5CC5)CC4)c4cncnc34)cc(C#N)c2n1.O=C(O)C(F)(F)F. The maximum Gasteiger partial charge on any atom is 0.490 e. The molecule has 0 bridgehead atoms. The highest BCUT2D eigenvalue weighted by Crippen LogP contribution is 2.31. The van der Waals surface area contributed by atoms with E-state index in [2.05, 4.69) is 36.6 Å². The second kappa shape index (κ2) is 11.6. The highest BCUT2D eigenvalue weighted by molar-refractivity contribution is 6.13. The van der Waals surface area contributed by atoms with Gasteiger partial charge in [0.1, 0.15) is 12.4 Å². The van der Waals surface area contributed by atoms with Crippen molar-refractivity contribution in [1.82, 2.24) is 24.7 Å². The molecule has 1 saturated carbocycles. The van der Waals surface area contributed by atoms with Crippen LogP contribution in [-0.2, 0) is 4.79 Å². The zero-order chi connectivity index (χ0) is 30.0. The van der Waals surface area contributed by atoms with Gasteiger partial charge in [0.15, 0.2) is 5.65 Å². The van der Waals surface area contributed by atoms with Crippen LogP contribution in [0.1, 0.15) is 47.3 Å². The number of carboxylic acids is 1. The van der Waals surface area contributed by atoms with E-state index in [0.717, 1.165) is 48.7 Å². The van der Waals surface area contributed by atoms with Crippen LogP contribution in [0, 0.1) is 18.3 Å². The number of carbonyl (C=O) groups excluding carboxylic acids is 1. The Bertz CT molecular complexity index is 1690. The first-order valence-corrected chi connectivity index (χ1v) is 13.3. The number of benzene rings is 1. The number of aliphatic carboxylic acids is 1. The van der Waals surface area contributed by atoms with Crippen molar-refractivity contribution < 1.29 is 27.9 Å². The number of piperidine rings is 1.